The lowest BCUT2D eigenvalue weighted by atomic mass is 10.1. The number of carbonyl (C=O) groups is 2. The van der Waals surface area contributed by atoms with Crippen molar-refractivity contribution in [3.63, 3.8) is 0 Å². The first-order valence-corrected chi connectivity index (χ1v) is 8.58. The van der Waals surface area contributed by atoms with Gasteiger partial charge in [-0.1, -0.05) is 18.2 Å². The predicted molar refractivity (Wildman–Crippen MR) is 102 cm³/mol. The number of hydrogen-bond donors (Lipinski definition) is 2. The monoisotopic (exact) mass is 353 g/mol. The molecular weight excluding hydrogens is 330 g/mol. The lowest BCUT2D eigenvalue weighted by Crippen LogP contribution is -2.43. The summed E-state index contributed by atoms with van der Waals surface area (Å²) in [6.45, 7) is 4.60. The Labute approximate surface area is 153 Å². The predicted octanol–water partition coefficient (Wildman–Crippen LogP) is 3.24. The number of rotatable bonds is 4. The van der Waals surface area contributed by atoms with Gasteiger partial charge in [0.2, 0.25) is 5.91 Å². The summed E-state index contributed by atoms with van der Waals surface area (Å²) in [5.74, 6) is 0.474. The first-order valence-electron chi connectivity index (χ1n) is 8.58. The van der Waals surface area contributed by atoms with Gasteiger partial charge in [0.1, 0.15) is 11.8 Å². The molecule has 136 valence electrons. The van der Waals surface area contributed by atoms with Crippen molar-refractivity contribution in [3.05, 3.63) is 53.6 Å². The SMILES string of the molecule is COc1ccccc1NC(=O)N[C@@H]1CCN(c2cc(C)cc(C)c2)C1=O. The number of benzene rings is 2. The highest BCUT2D eigenvalue weighted by atomic mass is 16.5. The molecule has 0 aromatic heterocycles. The largest absolute Gasteiger partial charge is 0.495 e. The van der Waals surface area contributed by atoms with E-state index in [0.29, 0.717) is 24.4 Å². The van der Waals surface area contributed by atoms with Gasteiger partial charge in [0.15, 0.2) is 0 Å². The number of hydrogen-bond acceptors (Lipinski definition) is 3. The Hall–Kier alpha value is -3.02. The average Bonchev–Trinajstić information content (AvgIpc) is 2.95. The van der Waals surface area contributed by atoms with Crippen molar-refractivity contribution >= 4 is 23.3 Å². The maximum absolute atomic E-state index is 12.7. The van der Waals surface area contributed by atoms with E-state index in [4.69, 9.17) is 4.74 Å². The van der Waals surface area contributed by atoms with Crippen LogP contribution in [0.2, 0.25) is 0 Å². The second kappa shape index (κ2) is 7.47. The number of carbonyl (C=O) groups excluding carboxylic acids is 2. The van der Waals surface area contributed by atoms with Crippen LogP contribution in [0.1, 0.15) is 17.5 Å². The van der Waals surface area contributed by atoms with E-state index in [1.165, 1.54) is 0 Å². The lowest BCUT2D eigenvalue weighted by molar-refractivity contribution is -0.118. The molecule has 0 aliphatic carbocycles. The van der Waals surface area contributed by atoms with E-state index in [0.717, 1.165) is 16.8 Å². The molecule has 2 aromatic rings. The molecule has 6 nitrogen and oxygen atoms in total. The molecular formula is C20H23N3O3. The molecule has 3 rings (SSSR count). The molecule has 1 fully saturated rings. The molecule has 1 atom stereocenters. The molecule has 2 aromatic carbocycles. The quantitative estimate of drug-likeness (QED) is 0.886. The van der Waals surface area contributed by atoms with Crippen LogP contribution >= 0.6 is 0 Å². The van der Waals surface area contributed by atoms with Crippen molar-refractivity contribution in [2.75, 3.05) is 23.9 Å². The summed E-state index contributed by atoms with van der Waals surface area (Å²) < 4.78 is 5.22. The topological polar surface area (TPSA) is 70.7 Å². The number of nitrogens with one attached hydrogen (secondary N) is 2. The van der Waals surface area contributed by atoms with Crippen LogP contribution in [0.3, 0.4) is 0 Å². The highest BCUT2D eigenvalue weighted by Gasteiger charge is 2.33. The van der Waals surface area contributed by atoms with Crippen molar-refractivity contribution in [1.29, 1.82) is 0 Å². The molecule has 0 radical (unpaired) electrons. The van der Waals surface area contributed by atoms with Gasteiger partial charge in [0.25, 0.3) is 0 Å². The molecule has 0 spiro atoms. The number of para-hydroxylation sites is 2. The molecule has 6 heteroatoms. The molecule has 1 aliphatic heterocycles. The first-order chi connectivity index (χ1) is 12.5. The van der Waals surface area contributed by atoms with E-state index < -0.39 is 12.1 Å². The summed E-state index contributed by atoms with van der Waals surface area (Å²) >= 11 is 0. The fourth-order valence-corrected chi connectivity index (χ4v) is 3.24. The number of amides is 3. The van der Waals surface area contributed by atoms with Gasteiger partial charge in [-0.25, -0.2) is 4.79 Å². The first kappa shape index (κ1) is 17.8. The summed E-state index contributed by atoms with van der Waals surface area (Å²) in [5, 5.41) is 5.50. The smallest absolute Gasteiger partial charge is 0.319 e. The van der Waals surface area contributed by atoms with Crippen LogP contribution in [0.15, 0.2) is 42.5 Å². The zero-order valence-electron chi connectivity index (χ0n) is 15.2. The van der Waals surface area contributed by atoms with Gasteiger partial charge in [-0.05, 0) is 55.7 Å². The van der Waals surface area contributed by atoms with Crippen molar-refractivity contribution in [3.8, 4) is 5.75 Å². The van der Waals surface area contributed by atoms with Crippen molar-refractivity contribution in [1.82, 2.24) is 5.32 Å². The molecule has 26 heavy (non-hydrogen) atoms. The number of aryl methyl sites for hydroxylation is 2. The van der Waals surface area contributed by atoms with Gasteiger partial charge in [0.05, 0.1) is 12.8 Å². The van der Waals surface area contributed by atoms with Crippen LogP contribution in [0.4, 0.5) is 16.2 Å². The fourth-order valence-electron chi connectivity index (χ4n) is 3.24. The van der Waals surface area contributed by atoms with E-state index in [-0.39, 0.29) is 5.91 Å². The van der Waals surface area contributed by atoms with Gasteiger partial charge in [-0.3, -0.25) is 4.79 Å². The second-order valence-corrected chi connectivity index (χ2v) is 6.48. The molecule has 0 unspecified atom stereocenters. The molecule has 2 N–H and O–H groups in total. The molecule has 3 amide bonds. The van der Waals surface area contributed by atoms with Crippen LogP contribution in [0, 0.1) is 13.8 Å². The summed E-state index contributed by atoms with van der Waals surface area (Å²) in [6, 6.07) is 12.2. The Kier molecular flexibility index (Phi) is 5.11. The average molecular weight is 353 g/mol. The van der Waals surface area contributed by atoms with E-state index >= 15 is 0 Å². The van der Waals surface area contributed by atoms with E-state index in [2.05, 4.69) is 16.7 Å². The van der Waals surface area contributed by atoms with Gasteiger partial charge >= 0.3 is 6.03 Å². The number of methoxy groups -OCH3 is 1. The van der Waals surface area contributed by atoms with Crippen molar-refractivity contribution in [2.24, 2.45) is 0 Å². The lowest BCUT2D eigenvalue weighted by Gasteiger charge is -2.19. The Bertz CT molecular complexity index is 815. The Morgan fingerprint density at radius 2 is 1.85 bits per heavy atom. The van der Waals surface area contributed by atoms with E-state index in [9.17, 15) is 9.59 Å². The van der Waals surface area contributed by atoms with Crippen molar-refractivity contribution < 1.29 is 14.3 Å². The third-order valence-corrected chi connectivity index (χ3v) is 4.38. The number of ether oxygens (including phenoxy) is 1. The minimum Gasteiger partial charge on any atom is -0.495 e. The maximum atomic E-state index is 12.7. The van der Waals surface area contributed by atoms with Gasteiger partial charge < -0.3 is 20.3 Å². The zero-order chi connectivity index (χ0) is 18.7. The molecule has 0 saturated carbocycles. The summed E-state index contributed by atoms with van der Waals surface area (Å²) in [4.78, 5) is 26.7. The minimum absolute atomic E-state index is 0.0924. The van der Waals surface area contributed by atoms with Gasteiger partial charge in [0, 0.05) is 12.2 Å². The van der Waals surface area contributed by atoms with Crippen LogP contribution < -0.4 is 20.3 Å². The number of anilines is 2. The highest BCUT2D eigenvalue weighted by Crippen LogP contribution is 2.25. The van der Waals surface area contributed by atoms with Crippen LogP contribution in [-0.2, 0) is 4.79 Å². The molecule has 0 bridgehead atoms. The number of urea groups is 1. The van der Waals surface area contributed by atoms with Gasteiger partial charge in [-0.2, -0.15) is 0 Å². The standard InChI is InChI=1S/C20H23N3O3/c1-13-10-14(2)12-15(11-13)23-9-8-17(19(23)24)22-20(25)21-16-6-4-5-7-18(16)26-3/h4-7,10-12,17H,8-9H2,1-3H3,(H2,21,22,25)/t17-/m1/s1. The molecule has 1 saturated heterocycles. The highest BCUT2D eigenvalue weighted by molar-refractivity contribution is 6.02. The van der Waals surface area contributed by atoms with Crippen LogP contribution in [-0.4, -0.2) is 31.6 Å². The second-order valence-electron chi connectivity index (χ2n) is 6.48. The summed E-state index contributed by atoms with van der Waals surface area (Å²) in [7, 11) is 1.54. The van der Waals surface area contributed by atoms with E-state index in [1.807, 2.05) is 32.0 Å². The zero-order valence-corrected chi connectivity index (χ0v) is 15.2. The third-order valence-electron chi connectivity index (χ3n) is 4.38. The Morgan fingerprint density at radius 3 is 2.54 bits per heavy atom. The fraction of sp³-hybridized carbons (Fsp3) is 0.300. The normalized spacial score (nSPS) is 16.5. The van der Waals surface area contributed by atoms with Crippen molar-refractivity contribution in [2.45, 2.75) is 26.3 Å². The summed E-state index contributed by atoms with van der Waals surface area (Å²) in [5.41, 5.74) is 3.65. The summed E-state index contributed by atoms with van der Waals surface area (Å²) in [6.07, 6.45) is 0.575. The molecule has 1 aliphatic rings. The number of nitrogens with zero attached hydrogens (tertiary/aromatic N) is 1. The van der Waals surface area contributed by atoms with E-state index in [1.54, 1.807) is 30.2 Å². The van der Waals surface area contributed by atoms with Crippen LogP contribution in [0.25, 0.3) is 0 Å². The maximum Gasteiger partial charge on any atom is 0.319 e. The third kappa shape index (κ3) is 3.79. The van der Waals surface area contributed by atoms with Crippen LogP contribution in [0.5, 0.6) is 5.75 Å². The Balaban J connectivity index is 1.66. The Morgan fingerprint density at radius 1 is 1.15 bits per heavy atom. The van der Waals surface area contributed by atoms with Gasteiger partial charge in [-0.15, -0.1) is 0 Å². The molecule has 1 heterocycles. The minimum atomic E-state index is -0.537.